The maximum atomic E-state index is 5.83. The molecule has 3 N–H and O–H groups in total. The zero-order chi connectivity index (χ0) is 9.26. The fourth-order valence-corrected chi connectivity index (χ4v) is 1.85. The van der Waals surface area contributed by atoms with Gasteiger partial charge in [-0.05, 0) is 19.2 Å². The van der Waals surface area contributed by atoms with Crippen molar-refractivity contribution >= 4 is 17.6 Å². The summed E-state index contributed by atoms with van der Waals surface area (Å²) in [6.07, 6.45) is 2.90. The van der Waals surface area contributed by atoms with E-state index in [9.17, 15) is 0 Å². The van der Waals surface area contributed by atoms with Gasteiger partial charge in [-0.25, -0.2) is 9.97 Å². The van der Waals surface area contributed by atoms with Gasteiger partial charge in [0.1, 0.15) is 5.82 Å². The van der Waals surface area contributed by atoms with E-state index in [-0.39, 0.29) is 0 Å². The molecule has 0 aliphatic carbocycles. The SMILES string of the molecule is CSc1nc(N)c2c(n1)CNCC2. The molecule has 13 heavy (non-hydrogen) atoms. The number of hydrogen-bond acceptors (Lipinski definition) is 5. The fourth-order valence-electron chi connectivity index (χ4n) is 1.46. The molecule has 0 fully saturated rings. The molecule has 0 atom stereocenters. The molecule has 4 nitrogen and oxygen atoms in total. The van der Waals surface area contributed by atoms with Gasteiger partial charge in [0.25, 0.3) is 0 Å². The molecule has 0 aromatic carbocycles. The van der Waals surface area contributed by atoms with E-state index >= 15 is 0 Å². The number of aromatic nitrogens is 2. The van der Waals surface area contributed by atoms with Crippen molar-refractivity contribution in [2.24, 2.45) is 0 Å². The van der Waals surface area contributed by atoms with Crippen LogP contribution in [0.5, 0.6) is 0 Å². The van der Waals surface area contributed by atoms with Crippen molar-refractivity contribution in [2.45, 2.75) is 18.1 Å². The highest BCUT2D eigenvalue weighted by Gasteiger charge is 2.14. The lowest BCUT2D eigenvalue weighted by Crippen LogP contribution is -2.26. The van der Waals surface area contributed by atoms with Gasteiger partial charge in [-0.1, -0.05) is 11.8 Å². The predicted molar refractivity (Wildman–Crippen MR) is 53.6 cm³/mol. The van der Waals surface area contributed by atoms with Gasteiger partial charge in [-0.3, -0.25) is 0 Å². The molecule has 0 saturated heterocycles. The van der Waals surface area contributed by atoms with E-state index in [2.05, 4.69) is 15.3 Å². The summed E-state index contributed by atoms with van der Waals surface area (Å²) >= 11 is 1.53. The number of anilines is 1. The normalized spacial score (nSPS) is 15.5. The first-order chi connectivity index (χ1) is 6.31. The highest BCUT2D eigenvalue weighted by atomic mass is 32.2. The van der Waals surface area contributed by atoms with Crippen LogP contribution in [-0.4, -0.2) is 22.8 Å². The van der Waals surface area contributed by atoms with Crippen LogP contribution in [0.25, 0.3) is 0 Å². The first-order valence-corrected chi connectivity index (χ1v) is 5.43. The molecule has 1 aromatic rings. The monoisotopic (exact) mass is 196 g/mol. The minimum Gasteiger partial charge on any atom is -0.383 e. The van der Waals surface area contributed by atoms with Crippen molar-refractivity contribution in [3.63, 3.8) is 0 Å². The second-order valence-corrected chi connectivity index (χ2v) is 3.72. The first-order valence-electron chi connectivity index (χ1n) is 4.21. The summed E-state index contributed by atoms with van der Waals surface area (Å²) in [6.45, 7) is 1.79. The molecule has 0 spiro atoms. The van der Waals surface area contributed by atoms with Crippen LogP contribution in [0, 0.1) is 0 Å². The molecular weight excluding hydrogens is 184 g/mol. The summed E-state index contributed by atoms with van der Waals surface area (Å²) in [4.78, 5) is 8.61. The maximum Gasteiger partial charge on any atom is 0.189 e. The van der Waals surface area contributed by atoms with Gasteiger partial charge in [0.2, 0.25) is 0 Å². The fraction of sp³-hybridized carbons (Fsp3) is 0.500. The van der Waals surface area contributed by atoms with Crippen molar-refractivity contribution in [3.05, 3.63) is 11.3 Å². The number of rotatable bonds is 1. The molecule has 0 radical (unpaired) electrons. The third-order valence-corrected chi connectivity index (χ3v) is 2.68. The van der Waals surface area contributed by atoms with E-state index in [1.807, 2.05) is 6.26 Å². The quantitative estimate of drug-likeness (QED) is 0.503. The minimum absolute atomic E-state index is 0.649. The number of fused-ring (bicyclic) bond motifs is 1. The Morgan fingerprint density at radius 3 is 3.08 bits per heavy atom. The van der Waals surface area contributed by atoms with Gasteiger partial charge in [0, 0.05) is 12.1 Å². The smallest absolute Gasteiger partial charge is 0.189 e. The van der Waals surface area contributed by atoms with E-state index in [1.165, 1.54) is 11.8 Å². The zero-order valence-corrected chi connectivity index (χ0v) is 8.32. The summed E-state index contributed by atoms with van der Waals surface area (Å²) in [5.41, 5.74) is 8.01. The molecule has 1 aliphatic rings. The number of nitrogen functional groups attached to an aromatic ring is 1. The van der Waals surface area contributed by atoms with Gasteiger partial charge in [-0.15, -0.1) is 0 Å². The highest BCUT2D eigenvalue weighted by molar-refractivity contribution is 7.98. The highest BCUT2D eigenvalue weighted by Crippen LogP contribution is 2.20. The largest absolute Gasteiger partial charge is 0.383 e. The Morgan fingerprint density at radius 1 is 1.46 bits per heavy atom. The maximum absolute atomic E-state index is 5.83. The van der Waals surface area contributed by atoms with Gasteiger partial charge in [-0.2, -0.15) is 0 Å². The van der Waals surface area contributed by atoms with Crippen molar-refractivity contribution in [3.8, 4) is 0 Å². The van der Waals surface area contributed by atoms with Gasteiger partial charge < -0.3 is 11.1 Å². The Kier molecular flexibility index (Phi) is 2.37. The van der Waals surface area contributed by atoms with Crippen LogP contribution >= 0.6 is 11.8 Å². The van der Waals surface area contributed by atoms with Crippen LogP contribution < -0.4 is 11.1 Å². The van der Waals surface area contributed by atoms with Crippen LogP contribution in [0.4, 0.5) is 5.82 Å². The standard InChI is InChI=1S/C8H12N4S/c1-13-8-11-6-4-10-3-2-5(6)7(9)12-8/h10H,2-4H2,1H3,(H2,9,11,12). The second kappa shape index (κ2) is 3.51. The molecule has 0 unspecified atom stereocenters. The molecule has 0 saturated carbocycles. The number of thioether (sulfide) groups is 1. The predicted octanol–water partition coefficient (Wildman–Crippen LogP) is 0.426. The Bertz CT molecular complexity index is 326. The molecule has 2 heterocycles. The number of nitrogens with one attached hydrogen (secondary N) is 1. The summed E-state index contributed by atoms with van der Waals surface area (Å²) in [5.74, 6) is 0.649. The summed E-state index contributed by atoms with van der Waals surface area (Å²) in [7, 11) is 0. The second-order valence-electron chi connectivity index (χ2n) is 2.95. The minimum atomic E-state index is 0.649. The van der Waals surface area contributed by atoms with E-state index in [4.69, 9.17) is 5.73 Å². The molecule has 1 aliphatic heterocycles. The van der Waals surface area contributed by atoms with E-state index in [1.54, 1.807) is 0 Å². The Labute approximate surface area is 81.3 Å². The Balaban J connectivity index is 2.47. The van der Waals surface area contributed by atoms with Crippen molar-refractivity contribution in [1.82, 2.24) is 15.3 Å². The molecule has 1 aromatic heterocycles. The van der Waals surface area contributed by atoms with E-state index in [0.29, 0.717) is 5.82 Å². The number of nitrogens with zero attached hydrogens (tertiary/aromatic N) is 2. The Hall–Kier alpha value is -0.810. The average Bonchev–Trinajstić information content (AvgIpc) is 2.18. The van der Waals surface area contributed by atoms with Gasteiger partial charge >= 0.3 is 0 Å². The lowest BCUT2D eigenvalue weighted by molar-refractivity contribution is 0.615. The van der Waals surface area contributed by atoms with Crippen molar-refractivity contribution < 1.29 is 0 Å². The van der Waals surface area contributed by atoms with Gasteiger partial charge in [0.15, 0.2) is 5.16 Å². The molecule has 0 amide bonds. The average molecular weight is 196 g/mol. The lowest BCUT2D eigenvalue weighted by Gasteiger charge is -2.17. The third kappa shape index (κ3) is 1.62. The summed E-state index contributed by atoms with van der Waals surface area (Å²) in [6, 6.07) is 0. The van der Waals surface area contributed by atoms with Crippen LogP contribution in [0.15, 0.2) is 5.16 Å². The third-order valence-electron chi connectivity index (χ3n) is 2.13. The van der Waals surface area contributed by atoms with Gasteiger partial charge in [0.05, 0.1) is 5.69 Å². The summed E-state index contributed by atoms with van der Waals surface area (Å²) < 4.78 is 0. The Morgan fingerprint density at radius 2 is 2.31 bits per heavy atom. The lowest BCUT2D eigenvalue weighted by atomic mass is 10.1. The summed E-state index contributed by atoms with van der Waals surface area (Å²) in [5, 5.41) is 4.03. The molecule has 2 rings (SSSR count). The zero-order valence-electron chi connectivity index (χ0n) is 7.50. The molecule has 70 valence electrons. The van der Waals surface area contributed by atoms with Crippen molar-refractivity contribution in [1.29, 1.82) is 0 Å². The van der Waals surface area contributed by atoms with E-state index < -0.39 is 0 Å². The number of nitrogens with two attached hydrogens (primary N) is 1. The first kappa shape index (κ1) is 8.77. The van der Waals surface area contributed by atoms with E-state index in [0.717, 1.165) is 35.9 Å². The number of hydrogen-bond donors (Lipinski definition) is 2. The molecular formula is C8H12N4S. The topological polar surface area (TPSA) is 63.8 Å². The molecule has 5 heteroatoms. The van der Waals surface area contributed by atoms with Crippen LogP contribution in [0.3, 0.4) is 0 Å². The van der Waals surface area contributed by atoms with Crippen LogP contribution in [-0.2, 0) is 13.0 Å². The van der Waals surface area contributed by atoms with Crippen LogP contribution in [0.2, 0.25) is 0 Å². The molecule has 0 bridgehead atoms. The van der Waals surface area contributed by atoms with Crippen molar-refractivity contribution in [2.75, 3.05) is 18.5 Å². The van der Waals surface area contributed by atoms with Crippen LogP contribution in [0.1, 0.15) is 11.3 Å².